The van der Waals surface area contributed by atoms with Crippen LogP contribution in [0.4, 0.5) is 0 Å². The third-order valence-electron chi connectivity index (χ3n) is 1.68. The van der Waals surface area contributed by atoms with E-state index in [0.29, 0.717) is 5.76 Å². The molecule has 0 aliphatic heterocycles. The summed E-state index contributed by atoms with van der Waals surface area (Å²) in [6.07, 6.45) is 0. The Morgan fingerprint density at radius 1 is 1.69 bits per heavy atom. The number of aryl methyl sites for hydroxylation is 1. The van der Waals surface area contributed by atoms with Crippen molar-refractivity contribution in [1.82, 2.24) is 10.5 Å². The zero-order valence-corrected chi connectivity index (χ0v) is 9.61. The standard InChI is InChI=1S/C10H16N2O4/c1-7-4-9(12-16-7)15-5-8(13)11-6-10(2,3)14/h4,14H,5-6H2,1-3H3,(H,11,13). The van der Waals surface area contributed by atoms with Gasteiger partial charge >= 0.3 is 0 Å². The second kappa shape index (κ2) is 4.98. The number of nitrogens with one attached hydrogen (secondary N) is 1. The van der Waals surface area contributed by atoms with E-state index in [9.17, 15) is 9.90 Å². The fourth-order valence-corrected chi connectivity index (χ4v) is 0.917. The summed E-state index contributed by atoms with van der Waals surface area (Å²) in [6.45, 7) is 4.97. The number of ether oxygens (including phenoxy) is 1. The minimum atomic E-state index is -0.930. The third-order valence-corrected chi connectivity index (χ3v) is 1.68. The largest absolute Gasteiger partial charge is 0.465 e. The first-order chi connectivity index (χ1) is 7.37. The van der Waals surface area contributed by atoms with Crippen molar-refractivity contribution in [2.24, 2.45) is 0 Å². The first-order valence-electron chi connectivity index (χ1n) is 4.92. The lowest BCUT2D eigenvalue weighted by molar-refractivity contribution is -0.124. The summed E-state index contributed by atoms with van der Waals surface area (Å²) < 4.78 is 9.82. The molecular formula is C10H16N2O4. The number of rotatable bonds is 5. The van der Waals surface area contributed by atoms with Crippen LogP contribution >= 0.6 is 0 Å². The van der Waals surface area contributed by atoms with Gasteiger partial charge in [-0.3, -0.25) is 4.79 Å². The first-order valence-corrected chi connectivity index (χ1v) is 4.92. The van der Waals surface area contributed by atoms with Gasteiger partial charge < -0.3 is 19.7 Å². The Morgan fingerprint density at radius 3 is 2.88 bits per heavy atom. The molecule has 0 bridgehead atoms. The molecule has 0 atom stereocenters. The molecule has 90 valence electrons. The lowest BCUT2D eigenvalue weighted by atomic mass is 10.1. The molecule has 1 amide bonds. The molecule has 0 saturated heterocycles. The predicted octanol–water partition coefficient (Wildman–Crippen LogP) is 0.249. The van der Waals surface area contributed by atoms with Crippen LogP contribution in [0.5, 0.6) is 5.88 Å². The van der Waals surface area contributed by atoms with Gasteiger partial charge in [-0.1, -0.05) is 0 Å². The molecule has 0 spiro atoms. The highest BCUT2D eigenvalue weighted by atomic mass is 16.5. The Bertz CT molecular complexity index is 354. The molecular weight excluding hydrogens is 212 g/mol. The minimum absolute atomic E-state index is 0.151. The highest BCUT2D eigenvalue weighted by Gasteiger charge is 2.14. The molecule has 2 N–H and O–H groups in total. The van der Waals surface area contributed by atoms with E-state index >= 15 is 0 Å². The quantitative estimate of drug-likeness (QED) is 0.754. The van der Waals surface area contributed by atoms with Crippen LogP contribution in [0.15, 0.2) is 10.6 Å². The van der Waals surface area contributed by atoms with E-state index in [1.807, 2.05) is 0 Å². The smallest absolute Gasteiger partial charge is 0.258 e. The monoisotopic (exact) mass is 228 g/mol. The van der Waals surface area contributed by atoms with E-state index in [0.717, 1.165) is 0 Å². The fraction of sp³-hybridized carbons (Fsp3) is 0.600. The first kappa shape index (κ1) is 12.5. The van der Waals surface area contributed by atoms with Crippen LogP contribution in [0.3, 0.4) is 0 Å². The van der Waals surface area contributed by atoms with Crippen molar-refractivity contribution in [2.45, 2.75) is 26.4 Å². The topological polar surface area (TPSA) is 84.6 Å². The Morgan fingerprint density at radius 2 is 2.38 bits per heavy atom. The highest BCUT2D eigenvalue weighted by Crippen LogP contribution is 2.09. The third kappa shape index (κ3) is 4.79. The van der Waals surface area contributed by atoms with Crippen molar-refractivity contribution in [3.63, 3.8) is 0 Å². The van der Waals surface area contributed by atoms with Crippen LogP contribution in [0.1, 0.15) is 19.6 Å². The molecule has 0 aliphatic rings. The highest BCUT2D eigenvalue weighted by molar-refractivity contribution is 5.77. The number of carbonyl (C=O) groups is 1. The summed E-state index contributed by atoms with van der Waals surface area (Å²) in [4.78, 5) is 11.3. The van der Waals surface area contributed by atoms with E-state index in [1.165, 1.54) is 0 Å². The van der Waals surface area contributed by atoms with Crippen molar-refractivity contribution >= 4 is 5.91 Å². The Balaban J connectivity index is 2.25. The van der Waals surface area contributed by atoms with E-state index in [-0.39, 0.29) is 24.9 Å². The molecule has 0 radical (unpaired) electrons. The number of nitrogens with zero attached hydrogens (tertiary/aromatic N) is 1. The van der Waals surface area contributed by atoms with Gasteiger partial charge in [-0.25, -0.2) is 0 Å². The van der Waals surface area contributed by atoms with Gasteiger partial charge in [-0.05, 0) is 25.9 Å². The summed E-state index contributed by atoms with van der Waals surface area (Å²) in [6, 6.07) is 1.59. The lowest BCUT2D eigenvalue weighted by Crippen LogP contribution is -2.40. The Hall–Kier alpha value is -1.56. The minimum Gasteiger partial charge on any atom is -0.465 e. The van der Waals surface area contributed by atoms with Crippen LogP contribution in [0, 0.1) is 6.92 Å². The lowest BCUT2D eigenvalue weighted by Gasteiger charge is -2.17. The molecule has 1 rings (SSSR count). The number of amides is 1. The van der Waals surface area contributed by atoms with Crippen molar-refractivity contribution in [3.05, 3.63) is 11.8 Å². The number of carbonyl (C=O) groups excluding carboxylic acids is 1. The van der Waals surface area contributed by atoms with Crippen molar-refractivity contribution in [1.29, 1.82) is 0 Å². The van der Waals surface area contributed by atoms with Crippen molar-refractivity contribution in [3.8, 4) is 5.88 Å². The van der Waals surface area contributed by atoms with Crippen LogP contribution in [0.2, 0.25) is 0 Å². The normalized spacial score (nSPS) is 11.2. The van der Waals surface area contributed by atoms with Gasteiger partial charge in [-0.15, -0.1) is 0 Å². The maximum Gasteiger partial charge on any atom is 0.258 e. The van der Waals surface area contributed by atoms with E-state index < -0.39 is 5.60 Å². The molecule has 6 heteroatoms. The molecule has 16 heavy (non-hydrogen) atoms. The molecule has 0 aromatic carbocycles. The predicted molar refractivity (Wildman–Crippen MR) is 56.0 cm³/mol. The second-order valence-corrected chi connectivity index (χ2v) is 4.15. The zero-order valence-electron chi connectivity index (χ0n) is 9.61. The number of hydrogen-bond acceptors (Lipinski definition) is 5. The molecule has 6 nitrogen and oxygen atoms in total. The summed E-state index contributed by atoms with van der Waals surface area (Å²) in [7, 11) is 0. The van der Waals surface area contributed by atoms with Crippen molar-refractivity contribution in [2.75, 3.05) is 13.2 Å². The number of aromatic nitrogens is 1. The Kier molecular flexibility index (Phi) is 3.89. The summed E-state index contributed by atoms with van der Waals surface area (Å²) in [5.41, 5.74) is -0.930. The van der Waals surface area contributed by atoms with Gasteiger partial charge in [0, 0.05) is 12.6 Å². The SMILES string of the molecule is Cc1cc(OCC(=O)NCC(C)(C)O)no1. The van der Waals surface area contributed by atoms with Gasteiger partial charge in [0.15, 0.2) is 6.61 Å². The van der Waals surface area contributed by atoms with Crippen LogP contribution in [-0.4, -0.2) is 34.9 Å². The van der Waals surface area contributed by atoms with E-state index in [2.05, 4.69) is 10.5 Å². The molecule has 1 heterocycles. The maximum absolute atomic E-state index is 11.3. The van der Waals surface area contributed by atoms with Crippen LogP contribution in [-0.2, 0) is 4.79 Å². The second-order valence-electron chi connectivity index (χ2n) is 4.15. The van der Waals surface area contributed by atoms with E-state index in [1.54, 1.807) is 26.8 Å². The van der Waals surface area contributed by atoms with Crippen LogP contribution in [0.25, 0.3) is 0 Å². The fourth-order valence-electron chi connectivity index (χ4n) is 0.917. The molecule has 0 fully saturated rings. The number of hydrogen-bond donors (Lipinski definition) is 2. The average molecular weight is 228 g/mol. The summed E-state index contributed by atoms with van der Waals surface area (Å²) in [5.74, 6) is 0.575. The molecule has 1 aromatic rings. The Labute approximate surface area is 93.6 Å². The summed E-state index contributed by atoms with van der Waals surface area (Å²) in [5, 5.41) is 15.5. The van der Waals surface area contributed by atoms with Crippen molar-refractivity contribution < 1.29 is 19.2 Å². The molecule has 1 aromatic heterocycles. The molecule has 0 saturated carbocycles. The van der Waals surface area contributed by atoms with Gasteiger partial charge in [-0.2, -0.15) is 0 Å². The van der Waals surface area contributed by atoms with Crippen LogP contribution < -0.4 is 10.1 Å². The molecule has 0 unspecified atom stereocenters. The van der Waals surface area contributed by atoms with Gasteiger partial charge in [0.05, 0.1) is 5.60 Å². The zero-order chi connectivity index (χ0) is 12.2. The maximum atomic E-state index is 11.3. The van der Waals surface area contributed by atoms with Gasteiger partial charge in [0.25, 0.3) is 11.8 Å². The van der Waals surface area contributed by atoms with Gasteiger partial charge in [0.1, 0.15) is 5.76 Å². The van der Waals surface area contributed by atoms with Gasteiger partial charge in [0.2, 0.25) is 0 Å². The number of aliphatic hydroxyl groups is 1. The molecule has 0 aliphatic carbocycles. The van der Waals surface area contributed by atoms with E-state index in [4.69, 9.17) is 9.26 Å². The summed E-state index contributed by atoms with van der Waals surface area (Å²) >= 11 is 0. The average Bonchev–Trinajstić information content (AvgIpc) is 2.57.